The molecule has 0 amide bonds. The van der Waals surface area contributed by atoms with Gasteiger partial charge in [0.25, 0.3) is 10.0 Å². The Labute approximate surface area is 132 Å². The van der Waals surface area contributed by atoms with Gasteiger partial charge in [0, 0.05) is 5.69 Å². The summed E-state index contributed by atoms with van der Waals surface area (Å²) in [6.45, 7) is 0. The van der Waals surface area contributed by atoms with E-state index >= 15 is 0 Å². The van der Waals surface area contributed by atoms with Crippen molar-refractivity contribution in [1.82, 2.24) is 9.97 Å². The fraction of sp³-hybridized carbons (Fsp3) is 0. The molecule has 1 aromatic heterocycles. The lowest BCUT2D eigenvalue weighted by molar-refractivity contribution is 0.601. The SMILES string of the molecule is Nc1cccc(S(=O)(=O)Nc2nc3ccccc3nc2Cl)c1. The fourth-order valence-electron chi connectivity index (χ4n) is 1.91. The zero-order valence-electron chi connectivity index (χ0n) is 11.2. The van der Waals surface area contributed by atoms with Gasteiger partial charge in [0.1, 0.15) is 0 Å². The number of benzene rings is 2. The number of nitrogens with two attached hydrogens (primary N) is 1. The van der Waals surface area contributed by atoms with Gasteiger partial charge in [-0.05, 0) is 30.3 Å². The van der Waals surface area contributed by atoms with Crippen LogP contribution in [0.1, 0.15) is 0 Å². The van der Waals surface area contributed by atoms with Crippen LogP contribution in [0.3, 0.4) is 0 Å². The molecule has 0 unspecified atom stereocenters. The molecule has 22 heavy (non-hydrogen) atoms. The van der Waals surface area contributed by atoms with Crippen molar-refractivity contribution in [3.63, 3.8) is 0 Å². The number of sulfonamides is 1. The first kappa shape index (κ1) is 14.6. The fourth-order valence-corrected chi connectivity index (χ4v) is 3.21. The number of nitrogens with one attached hydrogen (secondary N) is 1. The van der Waals surface area contributed by atoms with Gasteiger partial charge in [-0.3, -0.25) is 4.72 Å². The smallest absolute Gasteiger partial charge is 0.263 e. The number of halogens is 1. The van der Waals surface area contributed by atoms with Crippen molar-refractivity contribution in [3.8, 4) is 0 Å². The van der Waals surface area contributed by atoms with Gasteiger partial charge in [-0.25, -0.2) is 18.4 Å². The molecule has 3 rings (SSSR count). The molecule has 1 heterocycles. The van der Waals surface area contributed by atoms with Crippen LogP contribution in [0, 0.1) is 0 Å². The third-order valence-corrected chi connectivity index (χ3v) is 4.53. The van der Waals surface area contributed by atoms with Gasteiger partial charge in [-0.15, -0.1) is 0 Å². The second kappa shape index (κ2) is 5.43. The molecule has 3 N–H and O–H groups in total. The summed E-state index contributed by atoms with van der Waals surface area (Å²) < 4.78 is 27.0. The van der Waals surface area contributed by atoms with Crippen LogP contribution < -0.4 is 10.5 Å². The van der Waals surface area contributed by atoms with E-state index in [1.54, 1.807) is 36.4 Å². The predicted octanol–water partition coefficient (Wildman–Crippen LogP) is 2.67. The topological polar surface area (TPSA) is 98.0 Å². The zero-order chi connectivity index (χ0) is 15.7. The monoisotopic (exact) mass is 334 g/mol. The molecule has 8 heteroatoms. The van der Waals surface area contributed by atoms with E-state index in [9.17, 15) is 8.42 Å². The van der Waals surface area contributed by atoms with E-state index in [1.807, 2.05) is 0 Å². The van der Waals surface area contributed by atoms with Gasteiger partial charge in [0.15, 0.2) is 11.0 Å². The van der Waals surface area contributed by atoms with Crippen LogP contribution in [0.15, 0.2) is 53.4 Å². The summed E-state index contributed by atoms with van der Waals surface area (Å²) in [6, 6.07) is 13.0. The van der Waals surface area contributed by atoms with Crippen LogP contribution in [0.25, 0.3) is 11.0 Å². The van der Waals surface area contributed by atoms with Crippen molar-refractivity contribution in [2.75, 3.05) is 10.5 Å². The Balaban J connectivity index is 2.03. The maximum absolute atomic E-state index is 12.3. The number of fused-ring (bicyclic) bond motifs is 1. The lowest BCUT2D eigenvalue weighted by Crippen LogP contribution is -2.15. The third-order valence-electron chi connectivity index (χ3n) is 2.93. The molecule has 0 aliphatic heterocycles. The molecule has 0 radical (unpaired) electrons. The maximum atomic E-state index is 12.3. The Morgan fingerprint density at radius 2 is 1.68 bits per heavy atom. The lowest BCUT2D eigenvalue weighted by atomic mass is 10.3. The Hall–Kier alpha value is -2.38. The second-order valence-electron chi connectivity index (χ2n) is 4.53. The number of nitrogens with zero attached hydrogens (tertiary/aromatic N) is 2. The van der Waals surface area contributed by atoms with Crippen molar-refractivity contribution in [3.05, 3.63) is 53.7 Å². The average Bonchev–Trinajstić information content (AvgIpc) is 2.48. The van der Waals surface area contributed by atoms with Crippen LogP contribution in [-0.2, 0) is 10.0 Å². The molecular weight excluding hydrogens is 324 g/mol. The summed E-state index contributed by atoms with van der Waals surface area (Å²) in [5, 5.41) is -0.0221. The first-order chi connectivity index (χ1) is 10.5. The summed E-state index contributed by atoms with van der Waals surface area (Å²) in [5.74, 6) is -0.0252. The summed E-state index contributed by atoms with van der Waals surface area (Å²) in [5.41, 5.74) is 7.07. The largest absolute Gasteiger partial charge is 0.399 e. The van der Waals surface area contributed by atoms with Crippen LogP contribution in [0.2, 0.25) is 5.15 Å². The van der Waals surface area contributed by atoms with Crippen molar-refractivity contribution < 1.29 is 8.42 Å². The minimum absolute atomic E-state index is 0.0221. The molecule has 0 aliphatic carbocycles. The molecule has 0 spiro atoms. The maximum Gasteiger partial charge on any atom is 0.263 e. The van der Waals surface area contributed by atoms with Gasteiger partial charge >= 0.3 is 0 Å². The van der Waals surface area contributed by atoms with Crippen molar-refractivity contribution in [1.29, 1.82) is 0 Å². The first-order valence-electron chi connectivity index (χ1n) is 6.26. The van der Waals surface area contributed by atoms with Crippen LogP contribution >= 0.6 is 11.6 Å². The number of hydrogen-bond donors (Lipinski definition) is 2. The number of hydrogen-bond acceptors (Lipinski definition) is 5. The summed E-state index contributed by atoms with van der Waals surface area (Å²) >= 11 is 6.00. The lowest BCUT2D eigenvalue weighted by Gasteiger charge is -2.09. The molecule has 0 saturated heterocycles. The van der Waals surface area contributed by atoms with Crippen molar-refractivity contribution >= 4 is 44.2 Å². The number of anilines is 2. The van der Waals surface area contributed by atoms with E-state index in [4.69, 9.17) is 17.3 Å². The van der Waals surface area contributed by atoms with Crippen molar-refractivity contribution in [2.45, 2.75) is 4.90 Å². The van der Waals surface area contributed by atoms with Gasteiger partial charge < -0.3 is 5.73 Å². The molecule has 0 atom stereocenters. The van der Waals surface area contributed by atoms with Gasteiger partial charge in [-0.1, -0.05) is 29.8 Å². The van der Waals surface area contributed by atoms with Crippen LogP contribution in [0.4, 0.5) is 11.5 Å². The summed E-state index contributed by atoms with van der Waals surface area (Å²) in [7, 11) is -3.84. The molecule has 2 aromatic carbocycles. The third kappa shape index (κ3) is 2.81. The van der Waals surface area contributed by atoms with E-state index in [0.717, 1.165) is 0 Å². The van der Waals surface area contributed by atoms with Crippen LogP contribution in [-0.4, -0.2) is 18.4 Å². The molecule has 0 saturated carbocycles. The molecular formula is C14H11ClN4O2S. The van der Waals surface area contributed by atoms with Gasteiger partial charge in [0.2, 0.25) is 0 Å². The molecule has 0 bridgehead atoms. The number of para-hydroxylation sites is 2. The normalized spacial score (nSPS) is 11.5. The minimum Gasteiger partial charge on any atom is -0.399 e. The van der Waals surface area contributed by atoms with Crippen LogP contribution in [0.5, 0.6) is 0 Å². The Morgan fingerprint density at radius 1 is 1.00 bits per heavy atom. The van der Waals surface area contributed by atoms with E-state index in [2.05, 4.69) is 14.7 Å². The second-order valence-corrected chi connectivity index (χ2v) is 6.57. The zero-order valence-corrected chi connectivity index (χ0v) is 12.8. The number of rotatable bonds is 3. The van der Waals surface area contributed by atoms with E-state index < -0.39 is 10.0 Å². The molecule has 6 nitrogen and oxygen atoms in total. The van der Waals surface area contributed by atoms with Gasteiger partial charge in [-0.2, -0.15) is 0 Å². The molecule has 3 aromatic rings. The standard InChI is InChI=1S/C14H11ClN4O2S/c15-13-14(18-12-7-2-1-6-11(12)17-13)19-22(20,21)10-5-3-4-9(16)8-10/h1-8H,16H2,(H,18,19). The highest BCUT2D eigenvalue weighted by atomic mass is 35.5. The average molecular weight is 335 g/mol. The van der Waals surface area contributed by atoms with E-state index in [-0.39, 0.29) is 15.9 Å². The predicted molar refractivity (Wildman–Crippen MR) is 86.2 cm³/mol. The summed E-state index contributed by atoms with van der Waals surface area (Å²) in [6.07, 6.45) is 0. The molecule has 0 fully saturated rings. The Morgan fingerprint density at radius 3 is 2.36 bits per heavy atom. The molecule has 112 valence electrons. The minimum atomic E-state index is -3.84. The van der Waals surface area contributed by atoms with Gasteiger partial charge in [0.05, 0.1) is 15.9 Å². The molecule has 0 aliphatic rings. The van der Waals surface area contributed by atoms with E-state index in [0.29, 0.717) is 16.7 Å². The highest BCUT2D eigenvalue weighted by Crippen LogP contribution is 2.24. The first-order valence-corrected chi connectivity index (χ1v) is 8.12. The highest BCUT2D eigenvalue weighted by molar-refractivity contribution is 7.92. The number of aromatic nitrogens is 2. The quantitative estimate of drug-likeness (QED) is 0.717. The highest BCUT2D eigenvalue weighted by Gasteiger charge is 2.18. The van der Waals surface area contributed by atoms with Crippen molar-refractivity contribution in [2.24, 2.45) is 0 Å². The Bertz CT molecular complexity index is 960. The van der Waals surface area contributed by atoms with E-state index in [1.165, 1.54) is 12.1 Å². The Kier molecular flexibility index (Phi) is 3.59. The number of nitrogen functional groups attached to an aromatic ring is 1. The summed E-state index contributed by atoms with van der Waals surface area (Å²) in [4.78, 5) is 8.34.